The number of ether oxygens (including phenoxy) is 1. The maximum absolute atomic E-state index is 12.4. The van der Waals surface area contributed by atoms with Gasteiger partial charge in [0.1, 0.15) is 5.75 Å². The van der Waals surface area contributed by atoms with Crippen LogP contribution in [0.3, 0.4) is 0 Å². The van der Waals surface area contributed by atoms with Gasteiger partial charge in [-0.3, -0.25) is 4.79 Å². The Bertz CT molecular complexity index is 965. The molecule has 148 valence electrons. The Hall–Kier alpha value is -2.32. The molecule has 2 heterocycles. The lowest BCUT2D eigenvalue weighted by Crippen LogP contribution is -2.15. The van der Waals surface area contributed by atoms with Crippen LogP contribution < -0.4 is 10.1 Å². The highest BCUT2D eigenvalue weighted by Crippen LogP contribution is 2.32. The van der Waals surface area contributed by atoms with Crippen LogP contribution in [0.1, 0.15) is 24.3 Å². The normalized spacial score (nSPS) is 10.9. The summed E-state index contributed by atoms with van der Waals surface area (Å²) in [5.74, 6) is 1.65. The Morgan fingerprint density at radius 2 is 2.07 bits per heavy atom. The average molecular weight is 417 g/mol. The number of thiophene rings is 1. The first kappa shape index (κ1) is 20.4. The van der Waals surface area contributed by atoms with Gasteiger partial charge in [0.15, 0.2) is 11.0 Å². The lowest BCUT2D eigenvalue weighted by molar-refractivity contribution is -0.113. The Kier molecular flexibility index (Phi) is 6.74. The van der Waals surface area contributed by atoms with Crippen LogP contribution in [-0.2, 0) is 18.3 Å². The quantitative estimate of drug-likeness (QED) is 0.546. The maximum atomic E-state index is 12.4. The number of benzene rings is 1. The summed E-state index contributed by atoms with van der Waals surface area (Å²) in [6, 6.07) is 7.43. The fourth-order valence-corrected chi connectivity index (χ4v) is 4.60. The van der Waals surface area contributed by atoms with E-state index in [2.05, 4.69) is 34.7 Å². The summed E-state index contributed by atoms with van der Waals surface area (Å²) in [7, 11) is 1.94. The number of thioether (sulfide) groups is 1. The van der Waals surface area contributed by atoms with Crippen molar-refractivity contribution in [3.05, 3.63) is 40.1 Å². The van der Waals surface area contributed by atoms with E-state index in [0.717, 1.165) is 17.8 Å². The number of para-hydroxylation sites is 2. The van der Waals surface area contributed by atoms with Crippen molar-refractivity contribution in [2.45, 2.75) is 32.3 Å². The molecule has 0 spiro atoms. The van der Waals surface area contributed by atoms with Crippen LogP contribution in [0.5, 0.6) is 5.75 Å². The average Bonchev–Trinajstić information content (AvgIpc) is 3.23. The van der Waals surface area contributed by atoms with Gasteiger partial charge >= 0.3 is 0 Å². The standard InChI is InChI=1S/C20H24N4O2S2/c1-5-14-13(3)27-11-15(14)19-22-23-20(24(19)4)28-12-18(25)21-16-9-7-8-10-17(16)26-6-2/h7-11H,5-6,12H2,1-4H3,(H,21,25). The van der Waals surface area contributed by atoms with Crippen molar-refractivity contribution in [1.82, 2.24) is 14.8 Å². The third-order valence-corrected chi connectivity index (χ3v) is 6.30. The number of carbonyl (C=O) groups is 1. The molecule has 1 aromatic carbocycles. The molecule has 28 heavy (non-hydrogen) atoms. The fraction of sp³-hybridized carbons (Fsp3) is 0.350. The summed E-state index contributed by atoms with van der Waals surface area (Å²) in [6.45, 7) is 6.74. The van der Waals surface area contributed by atoms with Gasteiger partial charge in [-0.05, 0) is 38.0 Å². The molecule has 1 N–H and O–H groups in total. The molecular weight excluding hydrogens is 392 g/mol. The van der Waals surface area contributed by atoms with Crippen LogP contribution in [0.2, 0.25) is 0 Å². The molecule has 0 fully saturated rings. The van der Waals surface area contributed by atoms with Gasteiger partial charge in [0.25, 0.3) is 0 Å². The number of amides is 1. The van der Waals surface area contributed by atoms with Gasteiger partial charge in [-0.25, -0.2) is 0 Å². The first-order chi connectivity index (χ1) is 13.5. The summed E-state index contributed by atoms with van der Waals surface area (Å²) < 4.78 is 7.50. The van der Waals surface area contributed by atoms with Crippen molar-refractivity contribution in [3.63, 3.8) is 0 Å². The second-order valence-electron chi connectivity index (χ2n) is 6.17. The Labute approximate surface area is 173 Å². The van der Waals surface area contributed by atoms with Crippen LogP contribution in [0.15, 0.2) is 34.8 Å². The van der Waals surface area contributed by atoms with Crippen molar-refractivity contribution in [2.75, 3.05) is 17.7 Å². The number of aryl methyl sites for hydroxylation is 1. The van der Waals surface area contributed by atoms with Crippen molar-refractivity contribution in [3.8, 4) is 17.1 Å². The molecule has 0 bridgehead atoms. The predicted molar refractivity (Wildman–Crippen MR) is 115 cm³/mol. The lowest BCUT2D eigenvalue weighted by Gasteiger charge is -2.11. The minimum atomic E-state index is -0.109. The highest BCUT2D eigenvalue weighted by molar-refractivity contribution is 7.99. The summed E-state index contributed by atoms with van der Waals surface area (Å²) in [4.78, 5) is 13.7. The maximum Gasteiger partial charge on any atom is 0.234 e. The van der Waals surface area contributed by atoms with E-state index in [0.29, 0.717) is 23.2 Å². The second-order valence-corrected chi connectivity index (χ2v) is 8.20. The van der Waals surface area contributed by atoms with Crippen LogP contribution in [0.4, 0.5) is 5.69 Å². The Morgan fingerprint density at radius 3 is 2.82 bits per heavy atom. The minimum Gasteiger partial charge on any atom is -0.492 e. The number of nitrogens with zero attached hydrogens (tertiary/aromatic N) is 3. The number of rotatable bonds is 8. The molecule has 3 rings (SSSR count). The van der Waals surface area contributed by atoms with Crippen molar-refractivity contribution in [1.29, 1.82) is 0 Å². The fourth-order valence-electron chi connectivity index (χ4n) is 2.95. The molecular formula is C20H24N4O2S2. The molecule has 8 heteroatoms. The second kappa shape index (κ2) is 9.25. The van der Waals surface area contributed by atoms with Gasteiger partial charge in [0.2, 0.25) is 5.91 Å². The monoisotopic (exact) mass is 416 g/mol. The number of hydrogen-bond donors (Lipinski definition) is 1. The zero-order chi connectivity index (χ0) is 20.1. The molecule has 0 saturated heterocycles. The molecule has 0 saturated carbocycles. The molecule has 1 amide bonds. The lowest BCUT2D eigenvalue weighted by atomic mass is 10.1. The third kappa shape index (κ3) is 4.39. The Balaban J connectivity index is 1.67. The van der Waals surface area contributed by atoms with E-state index < -0.39 is 0 Å². The van der Waals surface area contributed by atoms with E-state index in [9.17, 15) is 4.79 Å². The molecule has 0 aliphatic heterocycles. The van der Waals surface area contributed by atoms with Crippen LogP contribution in [0.25, 0.3) is 11.4 Å². The van der Waals surface area contributed by atoms with E-state index >= 15 is 0 Å². The molecule has 0 atom stereocenters. The van der Waals surface area contributed by atoms with Gasteiger partial charge in [-0.2, -0.15) is 0 Å². The van der Waals surface area contributed by atoms with E-state index in [4.69, 9.17) is 4.74 Å². The molecule has 0 radical (unpaired) electrons. The van der Waals surface area contributed by atoms with Gasteiger partial charge in [-0.15, -0.1) is 21.5 Å². The topological polar surface area (TPSA) is 69.0 Å². The largest absolute Gasteiger partial charge is 0.492 e. The molecule has 6 nitrogen and oxygen atoms in total. The smallest absolute Gasteiger partial charge is 0.234 e. The molecule has 0 aliphatic carbocycles. The number of anilines is 1. The number of hydrogen-bond acceptors (Lipinski definition) is 6. The van der Waals surface area contributed by atoms with Crippen molar-refractivity contribution in [2.24, 2.45) is 7.05 Å². The SMILES string of the molecule is CCOc1ccccc1NC(=O)CSc1nnc(-c2csc(C)c2CC)n1C. The summed E-state index contributed by atoms with van der Waals surface area (Å²) in [6.07, 6.45) is 0.960. The summed E-state index contributed by atoms with van der Waals surface area (Å²) in [5, 5.41) is 14.4. The van der Waals surface area contributed by atoms with Crippen LogP contribution in [0, 0.1) is 6.92 Å². The van der Waals surface area contributed by atoms with E-state index in [-0.39, 0.29) is 11.7 Å². The van der Waals surface area contributed by atoms with E-state index in [1.165, 1.54) is 22.2 Å². The van der Waals surface area contributed by atoms with Gasteiger partial charge < -0.3 is 14.6 Å². The zero-order valence-corrected chi connectivity index (χ0v) is 18.1. The predicted octanol–water partition coefficient (Wildman–Crippen LogP) is 4.54. The molecule has 0 unspecified atom stereocenters. The van der Waals surface area contributed by atoms with Gasteiger partial charge in [-0.1, -0.05) is 30.8 Å². The molecule has 2 aromatic heterocycles. The van der Waals surface area contributed by atoms with Gasteiger partial charge in [0.05, 0.1) is 18.0 Å². The highest BCUT2D eigenvalue weighted by Gasteiger charge is 2.17. The Morgan fingerprint density at radius 1 is 1.29 bits per heavy atom. The number of nitrogens with one attached hydrogen (secondary N) is 1. The first-order valence-corrected chi connectivity index (χ1v) is 11.0. The summed E-state index contributed by atoms with van der Waals surface area (Å²) >= 11 is 3.10. The van der Waals surface area contributed by atoms with Crippen LogP contribution >= 0.6 is 23.1 Å². The summed E-state index contributed by atoms with van der Waals surface area (Å²) in [5.41, 5.74) is 3.11. The van der Waals surface area contributed by atoms with Crippen molar-refractivity contribution >= 4 is 34.7 Å². The van der Waals surface area contributed by atoms with Crippen molar-refractivity contribution < 1.29 is 9.53 Å². The number of carbonyl (C=O) groups excluding carboxylic acids is 1. The van der Waals surface area contributed by atoms with Crippen LogP contribution in [-0.4, -0.2) is 33.0 Å². The minimum absolute atomic E-state index is 0.109. The van der Waals surface area contributed by atoms with E-state index in [1.807, 2.05) is 42.8 Å². The zero-order valence-electron chi connectivity index (χ0n) is 16.5. The third-order valence-electron chi connectivity index (χ3n) is 4.33. The highest BCUT2D eigenvalue weighted by atomic mass is 32.2. The molecule has 0 aliphatic rings. The first-order valence-electron chi connectivity index (χ1n) is 9.16. The molecule has 3 aromatic rings. The van der Waals surface area contributed by atoms with Gasteiger partial charge in [0, 0.05) is 22.9 Å². The van der Waals surface area contributed by atoms with E-state index in [1.54, 1.807) is 11.3 Å². The number of aromatic nitrogens is 3.